The van der Waals surface area contributed by atoms with Gasteiger partial charge in [-0.05, 0) is 25.5 Å². The Morgan fingerprint density at radius 1 is 1.33 bits per heavy atom. The van der Waals surface area contributed by atoms with Crippen LogP contribution in [0.3, 0.4) is 0 Å². The van der Waals surface area contributed by atoms with Crippen molar-refractivity contribution < 1.29 is 9.90 Å². The molecule has 2 nitrogen and oxygen atoms in total. The number of benzene rings is 1. The van der Waals surface area contributed by atoms with Gasteiger partial charge >= 0.3 is 25.8 Å². The summed E-state index contributed by atoms with van der Waals surface area (Å²) in [6.45, 7) is 3.75. The van der Waals surface area contributed by atoms with Gasteiger partial charge in [0.2, 0.25) is 0 Å². The first-order valence-corrected chi connectivity index (χ1v) is 3.42. The third kappa shape index (κ3) is 2.43. The van der Waals surface area contributed by atoms with E-state index >= 15 is 0 Å². The molecule has 0 saturated carbocycles. The number of carbonyl (C=O) groups is 1. The molecule has 3 heteroatoms. The number of carboxylic acids is 1. The Hall–Kier alpha value is -0.674. The van der Waals surface area contributed by atoms with E-state index in [4.69, 9.17) is 5.11 Å². The van der Waals surface area contributed by atoms with Gasteiger partial charge in [0.1, 0.15) is 0 Å². The van der Waals surface area contributed by atoms with E-state index in [9.17, 15) is 4.79 Å². The van der Waals surface area contributed by atoms with Gasteiger partial charge in [0.25, 0.3) is 0 Å². The van der Waals surface area contributed by atoms with Gasteiger partial charge in [0, 0.05) is 0 Å². The molecule has 0 aromatic heterocycles. The van der Waals surface area contributed by atoms with E-state index in [1.54, 1.807) is 19.1 Å². The predicted octanol–water partition coefficient (Wildman–Crippen LogP) is 0.818. The summed E-state index contributed by atoms with van der Waals surface area (Å²) in [5.41, 5.74) is 2.29. The third-order valence-electron chi connectivity index (χ3n) is 1.61. The van der Waals surface area contributed by atoms with Crippen molar-refractivity contribution in [2.24, 2.45) is 0 Å². The summed E-state index contributed by atoms with van der Waals surface area (Å²) < 4.78 is 0. The minimum absolute atomic E-state index is 0. The molecule has 1 aromatic carbocycles. The van der Waals surface area contributed by atoms with Crippen LogP contribution in [0.1, 0.15) is 21.5 Å². The number of rotatable bonds is 1. The zero-order valence-corrected chi connectivity index (χ0v) is 6.59. The van der Waals surface area contributed by atoms with E-state index in [-0.39, 0.29) is 19.8 Å². The van der Waals surface area contributed by atoms with E-state index in [2.05, 4.69) is 0 Å². The van der Waals surface area contributed by atoms with Crippen LogP contribution in [0.4, 0.5) is 0 Å². The van der Waals surface area contributed by atoms with E-state index in [0.717, 1.165) is 11.1 Å². The Morgan fingerprint density at radius 3 is 2.33 bits per heavy atom. The van der Waals surface area contributed by atoms with Gasteiger partial charge in [0.05, 0.1) is 5.56 Å². The van der Waals surface area contributed by atoms with Crippen molar-refractivity contribution in [3.63, 3.8) is 0 Å². The first kappa shape index (κ1) is 11.3. The number of hydrogen-bond acceptors (Lipinski definition) is 1. The second-order valence-electron chi connectivity index (χ2n) is 2.62. The average molecular weight is 223 g/mol. The fraction of sp³-hybridized carbons (Fsp3) is 0.222. The van der Waals surface area contributed by atoms with E-state index < -0.39 is 5.97 Å². The molecule has 12 heavy (non-hydrogen) atoms. The van der Waals surface area contributed by atoms with Gasteiger partial charge in [-0.2, -0.15) is 0 Å². The summed E-state index contributed by atoms with van der Waals surface area (Å²) in [7, 11) is 0. The molecule has 0 bridgehead atoms. The Labute approximate surface area is 84.7 Å². The van der Waals surface area contributed by atoms with Crippen LogP contribution < -0.4 is 0 Å². The molecule has 0 unspecified atom stereocenters. The van der Waals surface area contributed by atoms with Crippen molar-refractivity contribution >= 4 is 25.8 Å². The van der Waals surface area contributed by atoms with Crippen LogP contribution >= 0.6 is 0 Å². The summed E-state index contributed by atoms with van der Waals surface area (Å²) in [4.78, 5) is 10.5. The van der Waals surface area contributed by atoms with E-state index in [1.807, 2.05) is 13.0 Å². The van der Waals surface area contributed by atoms with Crippen LogP contribution in [0.25, 0.3) is 0 Å². The summed E-state index contributed by atoms with van der Waals surface area (Å²) in [5.74, 6) is -0.859. The number of carboxylic acid groups (broad SMARTS) is 1. The van der Waals surface area contributed by atoms with Crippen molar-refractivity contribution in [2.45, 2.75) is 13.8 Å². The van der Waals surface area contributed by atoms with Crippen molar-refractivity contribution in [1.29, 1.82) is 0 Å². The van der Waals surface area contributed by atoms with Crippen LogP contribution in [0.15, 0.2) is 18.2 Å². The van der Waals surface area contributed by atoms with Crippen LogP contribution in [0, 0.1) is 13.8 Å². The Morgan fingerprint density at radius 2 is 1.92 bits per heavy atom. The molecule has 0 aliphatic heterocycles. The fourth-order valence-corrected chi connectivity index (χ4v) is 1.05. The Kier molecular flexibility index (Phi) is 4.13. The molecule has 0 saturated heterocycles. The molecule has 0 fully saturated rings. The molecule has 1 rings (SSSR count). The minimum atomic E-state index is -0.859. The molecule has 1 N–H and O–H groups in total. The maximum absolute atomic E-state index is 10.5. The molecule has 64 valence electrons. The molecular formula is C9H13GaO2. The predicted molar refractivity (Wildman–Crippen MR) is 52.8 cm³/mol. The van der Waals surface area contributed by atoms with Crippen molar-refractivity contribution in [2.75, 3.05) is 0 Å². The molecule has 0 aliphatic rings. The monoisotopic (exact) mass is 222 g/mol. The van der Waals surface area contributed by atoms with Gasteiger partial charge in [0.15, 0.2) is 0 Å². The second-order valence-corrected chi connectivity index (χ2v) is 2.62. The third-order valence-corrected chi connectivity index (χ3v) is 1.61. The maximum atomic E-state index is 10.5. The van der Waals surface area contributed by atoms with Gasteiger partial charge in [-0.15, -0.1) is 0 Å². The molecule has 0 radical (unpaired) electrons. The Balaban J connectivity index is 0.00000121. The molecular weight excluding hydrogens is 210 g/mol. The van der Waals surface area contributed by atoms with Crippen LogP contribution in [0.2, 0.25) is 0 Å². The van der Waals surface area contributed by atoms with Crippen LogP contribution in [-0.4, -0.2) is 30.9 Å². The standard InChI is InChI=1S/C9H10O2.Ga.3H/c1-6-3-4-8(9(10)11)7(2)5-6;;;;/h3-5H,1-2H3,(H,10,11);;;;. The molecule has 0 aliphatic carbocycles. The topological polar surface area (TPSA) is 37.3 Å². The summed E-state index contributed by atoms with van der Waals surface area (Å²) in [6, 6.07) is 5.30. The van der Waals surface area contributed by atoms with Crippen LogP contribution in [-0.2, 0) is 0 Å². The molecule has 0 heterocycles. The first-order valence-electron chi connectivity index (χ1n) is 3.42. The quantitative estimate of drug-likeness (QED) is 0.715. The van der Waals surface area contributed by atoms with Crippen LogP contribution in [0.5, 0.6) is 0 Å². The van der Waals surface area contributed by atoms with Crippen molar-refractivity contribution in [1.82, 2.24) is 0 Å². The van der Waals surface area contributed by atoms with E-state index in [1.165, 1.54) is 0 Å². The number of hydrogen-bond donors (Lipinski definition) is 1. The summed E-state index contributed by atoms with van der Waals surface area (Å²) in [6.07, 6.45) is 0. The van der Waals surface area contributed by atoms with Gasteiger partial charge in [-0.1, -0.05) is 17.7 Å². The number of aromatic carboxylic acids is 1. The molecule has 0 amide bonds. The fourth-order valence-electron chi connectivity index (χ4n) is 1.05. The Bertz CT molecular complexity index is 295. The average Bonchev–Trinajstić information content (AvgIpc) is 1.85. The van der Waals surface area contributed by atoms with Gasteiger partial charge in [-0.3, -0.25) is 0 Å². The van der Waals surface area contributed by atoms with Crippen molar-refractivity contribution in [3.8, 4) is 0 Å². The summed E-state index contributed by atoms with van der Waals surface area (Å²) >= 11 is 0. The zero-order chi connectivity index (χ0) is 8.43. The SMILES string of the molecule is Cc1ccc(C(=O)O)c(C)c1.[GaH3]. The molecule has 0 spiro atoms. The summed E-state index contributed by atoms with van der Waals surface area (Å²) in [5, 5.41) is 8.66. The molecule has 1 aromatic rings. The molecule has 0 atom stereocenters. The zero-order valence-electron chi connectivity index (χ0n) is 6.59. The van der Waals surface area contributed by atoms with Gasteiger partial charge in [-0.25, -0.2) is 4.79 Å². The first-order chi connectivity index (χ1) is 5.11. The van der Waals surface area contributed by atoms with Gasteiger partial charge < -0.3 is 5.11 Å². The van der Waals surface area contributed by atoms with Crippen molar-refractivity contribution in [3.05, 3.63) is 34.9 Å². The number of aryl methyl sites for hydroxylation is 2. The van der Waals surface area contributed by atoms with E-state index in [0.29, 0.717) is 5.56 Å². The second kappa shape index (κ2) is 4.38. The normalized spacial score (nSPS) is 8.83.